The number of carbonyl (C=O) groups is 1. The smallest absolute Gasteiger partial charge is 0.186 e. The van der Waals surface area contributed by atoms with Crippen LogP contribution in [0.1, 0.15) is 22.3 Å². The molecule has 3 rings (SSSR count). The zero-order valence-corrected chi connectivity index (χ0v) is 18.4. The minimum atomic E-state index is -0.393. The summed E-state index contributed by atoms with van der Waals surface area (Å²) in [6.07, 6.45) is 3.90. The molecule has 1 fully saturated rings. The largest absolute Gasteiger partial charge is 0.503 e. The monoisotopic (exact) mass is 431 g/mol. The first-order valence-electron chi connectivity index (χ1n) is 10.7. The van der Waals surface area contributed by atoms with Crippen molar-refractivity contribution in [1.82, 2.24) is 9.80 Å². The maximum absolute atomic E-state index is 10.3. The lowest BCUT2D eigenvalue weighted by Crippen LogP contribution is -2.35. The van der Waals surface area contributed by atoms with Crippen molar-refractivity contribution in [1.29, 1.82) is 0 Å². The molecule has 2 aromatic carbocycles. The Kier molecular flexibility index (Phi) is 9.05. The van der Waals surface area contributed by atoms with E-state index >= 15 is 0 Å². The Morgan fingerprint density at radius 3 is 2.25 bits per heavy atom. The van der Waals surface area contributed by atoms with Gasteiger partial charge < -0.3 is 14.7 Å². The summed E-state index contributed by atoms with van der Waals surface area (Å²) in [5.41, 5.74) is 4.49. The molecule has 166 valence electrons. The van der Waals surface area contributed by atoms with Crippen LogP contribution in [-0.2, 0) is 22.5 Å². The van der Waals surface area contributed by atoms with E-state index in [9.17, 15) is 4.79 Å². The molecular formula is C26H29N3O3. The minimum absolute atomic E-state index is 0.351. The summed E-state index contributed by atoms with van der Waals surface area (Å²) in [6.45, 7) is 5.34. The number of ether oxygens (including phenoxy) is 1. The number of benzene rings is 2. The van der Waals surface area contributed by atoms with Crippen molar-refractivity contribution in [2.75, 3.05) is 39.9 Å². The van der Waals surface area contributed by atoms with Crippen LogP contribution in [0.5, 0.6) is 0 Å². The maximum atomic E-state index is 10.3. The number of carbonyl (C=O) groups excluding carboxylic acids is 1. The fraction of sp³-hybridized carbons (Fsp3) is 0.308. The van der Waals surface area contributed by atoms with Crippen LogP contribution < -0.4 is 0 Å². The van der Waals surface area contributed by atoms with E-state index in [-0.39, 0.29) is 0 Å². The number of aldehydes is 1. The van der Waals surface area contributed by atoms with Crippen LogP contribution in [0.2, 0.25) is 0 Å². The maximum Gasteiger partial charge on any atom is 0.186 e. The normalized spacial score (nSPS) is 14.7. The van der Waals surface area contributed by atoms with Crippen molar-refractivity contribution in [2.45, 2.75) is 13.0 Å². The second kappa shape index (κ2) is 12.5. The standard InChI is InChI=1S/C26H29N3O3/c1-28(21-27-18-26(31)20-30)13-12-24-6-4-22(5-7-24)2-3-23-8-10-25(11-9-23)19-29-14-16-32-17-15-29/h4-11,18,20-21,31H,12-17,19H2,1H3/b26-18+,27-21-. The summed E-state index contributed by atoms with van der Waals surface area (Å²) < 4.78 is 5.40. The van der Waals surface area contributed by atoms with Gasteiger partial charge in [0.1, 0.15) is 0 Å². The van der Waals surface area contributed by atoms with Gasteiger partial charge in [-0.25, -0.2) is 4.99 Å². The molecule has 0 aromatic heterocycles. The Bertz CT molecular complexity index is 980. The highest BCUT2D eigenvalue weighted by atomic mass is 16.5. The van der Waals surface area contributed by atoms with Crippen LogP contribution in [0.15, 0.2) is 65.5 Å². The molecule has 0 unspecified atom stereocenters. The Balaban J connectivity index is 1.48. The van der Waals surface area contributed by atoms with Gasteiger partial charge in [0.15, 0.2) is 12.0 Å². The molecule has 0 spiro atoms. The Morgan fingerprint density at radius 1 is 1.06 bits per heavy atom. The van der Waals surface area contributed by atoms with Crippen molar-refractivity contribution in [2.24, 2.45) is 4.99 Å². The van der Waals surface area contributed by atoms with Crippen LogP contribution in [0, 0.1) is 11.8 Å². The molecule has 6 nitrogen and oxygen atoms in total. The summed E-state index contributed by atoms with van der Waals surface area (Å²) in [5.74, 6) is 6.08. The summed E-state index contributed by atoms with van der Waals surface area (Å²) >= 11 is 0. The summed E-state index contributed by atoms with van der Waals surface area (Å²) in [7, 11) is 1.89. The first-order chi connectivity index (χ1) is 15.6. The Labute approximate surface area is 189 Å². The Morgan fingerprint density at radius 2 is 1.66 bits per heavy atom. The average molecular weight is 432 g/mol. The number of aliphatic hydroxyl groups excluding tert-OH is 1. The molecule has 6 heteroatoms. The van der Waals surface area contributed by atoms with E-state index in [2.05, 4.69) is 58.1 Å². The lowest BCUT2D eigenvalue weighted by molar-refractivity contribution is -0.107. The molecule has 0 atom stereocenters. The molecule has 1 aliphatic heterocycles. The van der Waals surface area contributed by atoms with Gasteiger partial charge in [-0.2, -0.15) is 0 Å². The van der Waals surface area contributed by atoms with Gasteiger partial charge in [0.25, 0.3) is 0 Å². The van der Waals surface area contributed by atoms with E-state index in [4.69, 9.17) is 9.84 Å². The fourth-order valence-electron chi connectivity index (χ4n) is 3.23. The fourth-order valence-corrected chi connectivity index (χ4v) is 3.23. The summed E-state index contributed by atoms with van der Waals surface area (Å²) in [5, 5.41) is 9.04. The van der Waals surface area contributed by atoms with E-state index in [0.29, 0.717) is 6.29 Å². The molecule has 0 amide bonds. The van der Waals surface area contributed by atoms with Gasteiger partial charge in [-0.05, 0) is 41.8 Å². The summed E-state index contributed by atoms with van der Waals surface area (Å²) in [6, 6.07) is 16.7. The number of rotatable bonds is 8. The average Bonchev–Trinajstić information content (AvgIpc) is 2.83. The molecule has 0 bridgehead atoms. The third kappa shape index (κ3) is 8.03. The van der Waals surface area contributed by atoms with E-state index in [1.807, 2.05) is 24.1 Å². The third-order valence-corrected chi connectivity index (χ3v) is 5.11. The molecule has 0 aliphatic carbocycles. The zero-order chi connectivity index (χ0) is 22.6. The van der Waals surface area contributed by atoms with Crippen molar-refractivity contribution in [3.05, 3.63) is 82.7 Å². The van der Waals surface area contributed by atoms with Crippen LogP contribution in [-0.4, -0.2) is 67.4 Å². The molecule has 1 N–H and O–H groups in total. The predicted molar refractivity (Wildman–Crippen MR) is 127 cm³/mol. The molecule has 32 heavy (non-hydrogen) atoms. The number of aliphatic hydroxyl groups is 1. The lowest BCUT2D eigenvalue weighted by atomic mass is 10.1. The highest BCUT2D eigenvalue weighted by Crippen LogP contribution is 2.09. The van der Waals surface area contributed by atoms with Crippen LogP contribution in [0.4, 0.5) is 0 Å². The molecular weight excluding hydrogens is 402 g/mol. The van der Waals surface area contributed by atoms with E-state index in [1.165, 1.54) is 11.1 Å². The number of aliphatic imine (C=N–C) groups is 1. The number of hydrogen-bond acceptors (Lipinski definition) is 5. The molecule has 0 radical (unpaired) electrons. The van der Waals surface area contributed by atoms with Crippen molar-refractivity contribution in [3.8, 4) is 11.8 Å². The first-order valence-corrected chi connectivity index (χ1v) is 10.7. The number of nitrogens with zero attached hydrogens (tertiary/aromatic N) is 3. The first kappa shape index (κ1) is 23.3. The molecule has 1 heterocycles. The van der Waals surface area contributed by atoms with E-state index < -0.39 is 5.76 Å². The number of likely N-dealkylation sites (N-methyl/N-ethyl adjacent to an activating group) is 1. The van der Waals surface area contributed by atoms with Gasteiger partial charge in [-0.1, -0.05) is 36.1 Å². The molecule has 1 saturated heterocycles. The van der Waals surface area contributed by atoms with Gasteiger partial charge in [-0.3, -0.25) is 9.69 Å². The van der Waals surface area contributed by atoms with Crippen LogP contribution in [0.25, 0.3) is 0 Å². The van der Waals surface area contributed by atoms with Crippen molar-refractivity contribution < 1.29 is 14.6 Å². The topological polar surface area (TPSA) is 65.4 Å². The van der Waals surface area contributed by atoms with Gasteiger partial charge in [0.2, 0.25) is 0 Å². The zero-order valence-electron chi connectivity index (χ0n) is 18.4. The van der Waals surface area contributed by atoms with Gasteiger partial charge in [0.05, 0.1) is 25.8 Å². The lowest BCUT2D eigenvalue weighted by Gasteiger charge is -2.26. The Hall–Kier alpha value is -3.40. The number of morpholine rings is 1. The van der Waals surface area contributed by atoms with E-state index in [0.717, 1.165) is 63.1 Å². The van der Waals surface area contributed by atoms with Gasteiger partial charge in [0, 0.05) is 44.4 Å². The van der Waals surface area contributed by atoms with Crippen molar-refractivity contribution in [3.63, 3.8) is 0 Å². The van der Waals surface area contributed by atoms with Crippen LogP contribution in [0.3, 0.4) is 0 Å². The SMILES string of the molecule is CN(/C=N\C=C(\O)C=O)CCc1ccc(C#Cc2ccc(CN3CCOCC3)cc2)cc1. The van der Waals surface area contributed by atoms with Crippen LogP contribution >= 0.6 is 0 Å². The predicted octanol–water partition coefficient (Wildman–Crippen LogP) is 3.02. The van der Waals surface area contributed by atoms with Gasteiger partial charge >= 0.3 is 0 Å². The third-order valence-electron chi connectivity index (χ3n) is 5.11. The highest BCUT2D eigenvalue weighted by Gasteiger charge is 2.10. The molecule has 1 aliphatic rings. The number of hydrogen-bond donors (Lipinski definition) is 1. The second-order valence-electron chi connectivity index (χ2n) is 7.70. The van der Waals surface area contributed by atoms with Gasteiger partial charge in [-0.15, -0.1) is 0 Å². The summed E-state index contributed by atoms with van der Waals surface area (Å²) in [4.78, 5) is 18.5. The van der Waals surface area contributed by atoms with Crippen molar-refractivity contribution >= 4 is 12.6 Å². The minimum Gasteiger partial charge on any atom is -0.503 e. The quantitative estimate of drug-likeness (QED) is 0.174. The molecule has 0 saturated carbocycles. The second-order valence-corrected chi connectivity index (χ2v) is 7.70. The number of allylic oxidation sites excluding steroid dienone is 1. The molecule has 2 aromatic rings. The highest BCUT2D eigenvalue weighted by molar-refractivity contribution is 5.70. The van der Waals surface area contributed by atoms with E-state index in [1.54, 1.807) is 6.34 Å².